The zero-order chi connectivity index (χ0) is 20.4. The lowest BCUT2D eigenvalue weighted by atomic mass is 10.2. The fourth-order valence-corrected chi connectivity index (χ4v) is 3.66. The largest absolute Gasteiger partial charge is 0.494 e. The minimum Gasteiger partial charge on any atom is -0.494 e. The summed E-state index contributed by atoms with van der Waals surface area (Å²) < 4.78 is 11.0. The summed E-state index contributed by atoms with van der Waals surface area (Å²) >= 11 is 1.39. The Morgan fingerprint density at radius 3 is 2.83 bits per heavy atom. The third-order valence-corrected chi connectivity index (χ3v) is 5.21. The van der Waals surface area contributed by atoms with Crippen LogP contribution in [-0.2, 0) is 4.79 Å². The predicted molar refractivity (Wildman–Crippen MR) is 112 cm³/mol. The normalized spacial score (nSPS) is 15.1. The molecule has 7 nitrogen and oxygen atoms in total. The van der Waals surface area contributed by atoms with Crippen molar-refractivity contribution >= 4 is 34.5 Å². The van der Waals surface area contributed by atoms with E-state index in [1.54, 1.807) is 30.5 Å². The van der Waals surface area contributed by atoms with Crippen molar-refractivity contribution < 1.29 is 19.1 Å². The first kappa shape index (κ1) is 18.9. The van der Waals surface area contributed by atoms with Crippen LogP contribution in [0.4, 0.5) is 11.4 Å². The molecule has 0 saturated heterocycles. The van der Waals surface area contributed by atoms with Gasteiger partial charge in [-0.2, -0.15) is 0 Å². The lowest BCUT2D eigenvalue weighted by molar-refractivity contribution is -0.122. The third-order valence-electron chi connectivity index (χ3n) is 4.32. The van der Waals surface area contributed by atoms with E-state index in [9.17, 15) is 9.59 Å². The first-order valence-electron chi connectivity index (χ1n) is 9.15. The van der Waals surface area contributed by atoms with E-state index in [4.69, 9.17) is 9.47 Å². The number of anilines is 2. The zero-order valence-corrected chi connectivity index (χ0v) is 16.7. The molecule has 1 aromatic heterocycles. The molecule has 4 rings (SSSR count). The summed E-state index contributed by atoms with van der Waals surface area (Å²) in [6.45, 7) is 4.22. The van der Waals surface area contributed by atoms with Crippen LogP contribution in [0, 0.1) is 0 Å². The van der Waals surface area contributed by atoms with Gasteiger partial charge in [0.2, 0.25) is 0 Å². The number of ether oxygens (including phenoxy) is 2. The molecule has 2 N–H and O–H groups in total. The summed E-state index contributed by atoms with van der Waals surface area (Å²) in [6, 6.07) is 12.7. The van der Waals surface area contributed by atoms with Crippen LogP contribution in [0.2, 0.25) is 0 Å². The van der Waals surface area contributed by atoms with Crippen LogP contribution in [-0.4, -0.2) is 29.5 Å². The summed E-state index contributed by atoms with van der Waals surface area (Å²) in [5, 5.41) is 8.03. The number of aromatic nitrogens is 1. The van der Waals surface area contributed by atoms with Crippen LogP contribution < -0.4 is 20.1 Å². The van der Waals surface area contributed by atoms with Gasteiger partial charge in [-0.1, -0.05) is 0 Å². The summed E-state index contributed by atoms with van der Waals surface area (Å²) in [5.41, 5.74) is 2.31. The van der Waals surface area contributed by atoms with Crippen LogP contribution in [0.3, 0.4) is 0 Å². The van der Waals surface area contributed by atoms with Gasteiger partial charge in [0.25, 0.3) is 11.8 Å². The van der Waals surface area contributed by atoms with Crippen LogP contribution in [0.25, 0.3) is 10.6 Å². The maximum atomic E-state index is 12.6. The number of benzene rings is 2. The van der Waals surface area contributed by atoms with Gasteiger partial charge in [0.1, 0.15) is 22.2 Å². The van der Waals surface area contributed by atoms with Crippen molar-refractivity contribution in [2.75, 3.05) is 17.2 Å². The SMILES string of the molecule is CCOc1ccc(-c2nc(C(=O)Nc3ccc4c(c3)NC(=O)C(C)O4)cs2)cc1. The molecule has 29 heavy (non-hydrogen) atoms. The van der Waals surface area contributed by atoms with Gasteiger partial charge in [0, 0.05) is 16.6 Å². The Morgan fingerprint density at radius 1 is 1.28 bits per heavy atom. The van der Waals surface area contributed by atoms with E-state index in [1.165, 1.54) is 11.3 Å². The van der Waals surface area contributed by atoms with Gasteiger partial charge in [-0.25, -0.2) is 4.98 Å². The molecule has 0 radical (unpaired) electrons. The quantitative estimate of drug-likeness (QED) is 0.660. The van der Waals surface area contributed by atoms with Gasteiger partial charge in [-0.05, 0) is 56.3 Å². The molecule has 1 aliphatic heterocycles. The highest BCUT2D eigenvalue weighted by atomic mass is 32.1. The second-order valence-electron chi connectivity index (χ2n) is 6.41. The van der Waals surface area contributed by atoms with Crippen LogP contribution in [0.5, 0.6) is 11.5 Å². The lowest BCUT2D eigenvalue weighted by Crippen LogP contribution is -2.34. The Labute approximate surface area is 171 Å². The number of carbonyl (C=O) groups excluding carboxylic acids is 2. The molecule has 2 amide bonds. The van der Waals surface area contributed by atoms with E-state index in [-0.39, 0.29) is 11.8 Å². The summed E-state index contributed by atoms with van der Waals surface area (Å²) in [6.07, 6.45) is -0.543. The highest BCUT2D eigenvalue weighted by Gasteiger charge is 2.24. The maximum absolute atomic E-state index is 12.6. The van der Waals surface area contributed by atoms with E-state index in [0.717, 1.165) is 16.3 Å². The number of thiazole rings is 1. The van der Waals surface area contributed by atoms with Crippen molar-refractivity contribution in [1.82, 2.24) is 4.98 Å². The van der Waals surface area contributed by atoms with Gasteiger partial charge < -0.3 is 20.1 Å². The van der Waals surface area contributed by atoms with Crippen LogP contribution >= 0.6 is 11.3 Å². The standard InChI is InChI=1S/C21H19N3O4S/c1-3-27-15-7-4-13(5-8-15)21-24-17(11-29-21)20(26)22-14-6-9-18-16(10-14)23-19(25)12(2)28-18/h4-12H,3H2,1-2H3,(H,22,26)(H,23,25). The molecule has 0 saturated carbocycles. The van der Waals surface area contributed by atoms with Gasteiger partial charge in [-0.15, -0.1) is 11.3 Å². The Hall–Kier alpha value is -3.39. The fraction of sp³-hybridized carbons (Fsp3) is 0.190. The molecule has 0 fully saturated rings. The average Bonchev–Trinajstić information content (AvgIpc) is 3.20. The Bertz CT molecular complexity index is 1060. The second kappa shape index (κ2) is 7.92. The summed E-state index contributed by atoms with van der Waals surface area (Å²) in [4.78, 5) is 28.8. The van der Waals surface area contributed by atoms with Crippen LogP contribution in [0.15, 0.2) is 47.8 Å². The van der Waals surface area contributed by atoms with Gasteiger partial charge in [-0.3, -0.25) is 9.59 Å². The van der Waals surface area contributed by atoms with E-state index in [1.807, 2.05) is 31.2 Å². The number of nitrogens with zero attached hydrogens (tertiary/aromatic N) is 1. The Balaban J connectivity index is 1.47. The average molecular weight is 409 g/mol. The highest BCUT2D eigenvalue weighted by molar-refractivity contribution is 7.13. The van der Waals surface area contributed by atoms with Gasteiger partial charge in [0.05, 0.1) is 12.3 Å². The number of fused-ring (bicyclic) bond motifs is 1. The molecule has 2 aromatic carbocycles. The van der Waals surface area contributed by atoms with E-state index < -0.39 is 6.10 Å². The van der Waals surface area contributed by atoms with Crippen molar-refractivity contribution in [2.24, 2.45) is 0 Å². The van der Waals surface area contributed by atoms with E-state index in [2.05, 4.69) is 15.6 Å². The van der Waals surface area contributed by atoms with E-state index in [0.29, 0.717) is 29.4 Å². The molecule has 1 aliphatic rings. The molecule has 0 spiro atoms. The van der Waals surface area contributed by atoms with Crippen molar-refractivity contribution in [3.63, 3.8) is 0 Å². The van der Waals surface area contributed by atoms with Crippen molar-refractivity contribution in [3.8, 4) is 22.1 Å². The molecule has 0 bridgehead atoms. The fourth-order valence-electron chi connectivity index (χ4n) is 2.85. The first-order chi connectivity index (χ1) is 14.0. The molecule has 8 heteroatoms. The van der Waals surface area contributed by atoms with Crippen molar-refractivity contribution in [3.05, 3.63) is 53.5 Å². The number of carbonyl (C=O) groups is 2. The second-order valence-corrected chi connectivity index (χ2v) is 7.27. The Kier molecular flexibility index (Phi) is 5.18. The molecule has 1 atom stereocenters. The highest BCUT2D eigenvalue weighted by Crippen LogP contribution is 2.32. The van der Waals surface area contributed by atoms with Gasteiger partial charge >= 0.3 is 0 Å². The summed E-state index contributed by atoms with van der Waals surface area (Å²) in [7, 11) is 0. The maximum Gasteiger partial charge on any atom is 0.275 e. The van der Waals surface area contributed by atoms with Crippen molar-refractivity contribution in [2.45, 2.75) is 20.0 Å². The monoisotopic (exact) mass is 409 g/mol. The number of rotatable bonds is 5. The molecular weight excluding hydrogens is 390 g/mol. The minimum absolute atomic E-state index is 0.222. The Morgan fingerprint density at radius 2 is 2.07 bits per heavy atom. The molecular formula is C21H19N3O4S. The number of amides is 2. The molecule has 2 heterocycles. The third kappa shape index (κ3) is 4.07. The van der Waals surface area contributed by atoms with E-state index >= 15 is 0 Å². The first-order valence-corrected chi connectivity index (χ1v) is 10.0. The topological polar surface area (TPSA) is 89.5 Å². The van der Waals surface area contributed by atoms with Gasteiger partial charge in [0.15, 0.2) is 6.10 Å². The number of hydrogen-bond donors (Lipinski definition) is 2. The lowest BCUT2D eigenvalue weighted by Gasteiger charge is -2.23. The minimum atomic E-state index is -0.543. The van der Waals surface area contributed by atoms with Crippen LogP contribution in [0.1, 0.15) is 24.3 Å². The summed E-state index contributed by atoms with van der Waals surface area (Å²) in [5.74, 6) is 0.820. The predicted octanol–water partition coefficient (Wildman–Crippen LogP) is 4.18. The zero-order valence-electron chi connectivity index (χ0n) is 15.9. The molecule has 1 unspecified atom stereocenters. The van der Waals surface area contributed by atoms with Crippen molar-refractivity contribution in [1.29, 1.82) is 0 Å². The smallest absolute Gasteiger partial charge is 0.275 e. The molecule has 148 valence electrons. The molecule has 3 aromatic rings. The number of hydrogen-bond acceptors (Lipinski definition) is 6. The number of nitrogens with one attached hydrogen (secondary N) is 2. The molecule has 0 aliphatic carbocycles.